The van der Waals surface area contributed by atoms with Gasteiger partial charge in [-0.3, -0.25) is 19.7 Å². The summed E-state index contributed by atoms with van der Waals surface area (Å²) in [5.41, 5.74) is 2.62. The summed E-state index contributed by atoms with van der Waals surface area (Å²) in [6, 6.07) is 15.1. The van der Waals surface area contributed by atoms with Gasteiger partial charge in [-0.05, 0) is 35.7 Å². The zero-order chi connectivity index (χ0) is 22.8. The lowest BCUT2D eigenvalue weighted by Crippen LogP contribution is -2.52. The first-order valence-corrected chi connectivity index (χ1v) is 11.4. The molecule has 1 unspecified atom stereocenters. The second kappa shape index (κ2) is 9.33. The number of carbonyl (C=O) groups excluding carboxylic acids is 3. The maximum atomic E-state index is 12.9. The van der Waals surface area contributed by atoms with Gasteiger partial charge >= 0.3 is 0 Å². The van der Waals surface area contributed by atoms with Crippen molar-refractivity contribution in [3.05, 3.63) is 65.2 Å². The van der Waals surface area contributed by atoms with Gasteiger partial charge in [-0.2, -0.15) is 0 Å². The normalized spacial score (nSPS) is 25.0. The fourth-order valence-electron chi connectivity index (χ4n) is 4.69. The van der Waals surface area contributed by atoms with Crippen molar-refractivity contribution in [3.63, 3.8) is 0 Å². The van der Waals surface area contributed by atoms with E-state index in [-0.39, 0.29) is 30.4 Å². The molecular formula is C25H27N3O5. The molecule has 8 nitrogen and oxygen atoms in total. The third-order valence-electron chi connectivity index (χ3n) is 6.49. The summed E-state index contributed by atoms with van der Waals surface area (Å²) in [6.07, 6.45) is 1.31. The molecule has 33 heavy (non-hydrogen) atoms. The molecule has 8 heteroatoms. The lowest BCUT2D eigenvalue weighted by Gasteiger charge is -2.32. The van der Waals surface area contributed by atoms with Crippen molar-refractivity contribution >= 4 is 17.7 Å². The Bertz CT molecular complexity index is 1060. The summed E-state index contributed by atoms with van der Waals surface area (Å²) in [5, 5.41) is 5.87. The van der Waals surface area contributed by atoms with Crippen LogP contribution >= 0.6 is 0 Å². The quantitative estimate of drug-likeness (QED) is 0.653. The third kappa shape index (κ3) is 4.62. The predicted octanol–water partition coefficient (Wildman–Crippen LogP) is 1.77. The average Bonchev–Trinajstić information content (AvgIpc) is 3.14. The number of piperidine rings is 1. The third-order valence-corrected chi connectivity index (χ3v) is 6.49. The maximum absolute atomic E-state index is 12.9. The van der Waals surface area contributed by atoms with E-state index in [1.807, 2.05) is 30.3 Å². The first-order chi connectivity index (χ1) is 16.1. The fraction of sp³-hybridized carbons (Fsp3) is 0.400. The maximum Gasteiger partial charge on any atom is 0.255 e. The summed E-state index contributed by atoms with van der Waals surface area (Å²) in [4.78, 5) is 38.1. The zero-order valence-electron chi connectivity index (χ0n) is 18.3. The van der Waals surface area contributed by atoms with Crippen LogP contribution in [0.2, 0.25) is 0 Å². The highest BCUT2D eigenvalue weighted by Crippen LogP contribution is 2.31. The summed E-state index contributed by atoms with van der Waals surface area (Å²) in [5.74, 6) is -0.175. The van der Waals surface area contributed by atoms with E-state index in [9.17, 15) is 14.4 Å². The highest BCUT2D eigenvalue weighted by molar-refractivity contribution is 6.05. The van der Waals surface area contributed by atoms with Crippen LogP contribution in [0, 0.1) is 0 Å². The molecule has 2 N–H and O–H groups in total. The summed E-state index contributed by atoms with van der Waals surface area (Å²) in [6.45, 7) is 2.28. The van der Waals surface area contributed by atoms with Crippen molar-refractivity contribution < 1.29 is 23.9 Å². The monoisotopic (exact) mass is 449 g/mol. The Balaban J connectivity index is 1.25. The van der Waals surface area contributed by atoms with Crippen molar-refractivity contribution in [2.75, 3.05) is 13.2 Å². The van der Waals surface area contributed by atoms with E-state index in [0.717, 1.165) is 18.5 Å². The molecule has 3 heterocycles. The van der Waals surface area contributed by atoms with Crippen LogP contribution in [0.3, 0.4) is 0 Å². The standard InChI is InChI=1S/C25H27N3O5/c29-23-9-8-21(24(30)27-23)28-14-17-12-18(6-7-19(17)25(28)31)33-22-10-11-32-15-20(22)26-13-16-4-2-1-3-5-16/h1-7,12,20-22,26H,8-11,13-15H2,(H,27,29,30)/t20-,21?,22-/m0/s1. The topological polar surface area (TPSA) is 97.0 Å². The van der Waals surface area contributed by atoms with E-state index in [0.29, 0.717) is 37.5 Å². The number of nitrogens with zero attached hydrogens (tertiary/aromatic N) is 1. The van der Waals surface area contributed by atoms with Crippen LogP contribution in [0.5, 0.6) is 5.75 Å². The van der Waals surface area contributed by atoms with Gasteiger partial charge in [0.1, 0.15) is 17.9 Å². The van der Waals surface area contributed by atoms with Crippen LogP contribution < -0.4 is 15.4 Å². The van der Waals surface area contributed by atoms with E-state index in [4.69, 9.17) is 9.47 Å². The number of rotatable bonds is 6. The second-order valence-electron chi connectivity index (χ2n) is 8.71. The summed E-state index contributed by atoms with van der Waals surface area (Å²) < 4.78 is 12.0. The molecule has 5 rings (SSSR count). The average molecular weight is 450 g/mol. The Morgan fingerprint density at radius 2 is 1.94 bits per heavy atom. The van der Waals surface area contributed by atoms with Gasteiger partial charge in [0, 0.05) is 31.5 Å². The van der Waals surface area contributed by atoms with Gasteiger partial charge in [-0.15, -0.1) is 0 Å². The number of benzene rings is 2. The molecule has 0 saturated carbocycles. The molecule has 172 valence electrons. The smallest absolute Gasteiger partial charge is 0.255 e. The minimum Gasteiger partial charge on any atom is -0.489 e. The minimum atomic E-state index is -0.617. The lowest BCUT2D eigenvalue weighted by molar-refractivity contribution is -0.136. The molecule has 2 saturated heterocycles. The Morgan fingerprint density at radius 3 is 2.76 bits per heavy atom. The molecule has 0 aliphatic carbocycles. The van der Waals surface area contributed by atoms with Gasteiger partial charge < -0.3 is 19.7 Å². The Morgan fingerprint density at radius 1 is 1.09 bits per heavy atom. The fourth-order valence-corrected chi connectivity index (χ4v) is 4.69. The molecule has 2 aromatic rings. The number of hydrogen-bond acceptors (Lipinski definition) is 6. The van der Waals surface area contributed by atoms with Gasteiger partial charge in [-0.1, -0.05) is 30.3 Å². The molecule has 0 aromatic heterocycles. The number of imide groups is 1. The highest BCUT2D eigenvalue weighted by Gasteiger charge is 2.39. The van der Waals surface area contributed by atoms with Gasteiger partial charge in [0.2, 0.25) is 11.8 Å². The van der Waals surface area contributed by atoms with Crippen molar-refractivity contribution in [3.8, 4) is 5.75 Å². The van der Waals surface area contributed by atoms with E-state index in [1.165, 1.54) is 5.56 Å². The van der Waals surface area contributed by atoms with Gasteiger partial charge in [-0.25, -0.2) is 0 Å². The Labute approximate surface area is 192 Å². The van der Waals surface area contributed by atoms with Crippen molar-refractivity contribution in [1.82, 2.24) is 15.5 Å². The van der Waals surface area contributed by atoms with Crippen LogP contribution in [-0.2, 0) is 27.4 Å². The van der Waals surface area contributed by atoms with E-state index in [2.05, 4.69) is 22.8 Å². The highest BCUT2D eigenvalue weighted by atomic mass is 16.5. The molecular weight excluding hydrogens is 422 g/mol. The predicted molar refractivity (Wildman–Crippen MR) is 119 cm³/mol. The van der Waals surface area contributed by atoms with Crippen LogP contribution in [0.25, 0.3) is 0 Å². The van der Waals surface area contributed by atoms with E-state index < -0.39 is 11.9 Å². The molecule has 2 aromatic carbocycles. The first-order valence-electron chi connectivity index (χ1n) is 11.4. The van der Waals surface area contributed by atoms with E-state index >= 15 is 0 Å². The van der Waals surface area contributed by atoms with Gasteiger partial charge in [0.15, 0.2) is 0 Å². The van der Waals surface area contributed by atoms with Gasteiger partial charge in [0.25, 0.3) is 5.91 Å². The molecule has 0 spiro atoms. The van der Waals surface area contributed by atoms with Crippen LogP contribution in [-0.4, -0.2) is 54.0 Å². The first kappa shape index (κ1) is 21.6. The van der Waals surface area contributed by atoms with Crippen LogP contribution in [0.1, 0.15) is 40.7 Å². The molecule has 2 fully saturated rings. The molecule has 0 radical (unpaired) electrons. The number of amides is 3. The summed E-state index contributed by atoms with van der Waals surface area (Å²) in [7, 11) is 0. The molecule has 3 amide bonds. The van der Waals surface area contributed by atoms with Crippen LogP contribution in [0.15, 0.2) is 48.5 Å². The van der Waals surface area contributed by atoms with Crippen molar-refractivity contribution in [2.24, 2.45) is 0 Å². The largest absolute Gasteiger partial charge is 0.489 e. The number of ether oxygens (including phenoxy) is 2. The number of nitrogens with one attached hydrogen (secondary N) is 2. The van der Waals surface area contributed by atoms with Crippen molar-refractivity contribution in [2.45, 2.75) is 50.5 Å². The Kier molecular flexibility index (Phi) is 6.11. The zero-order valence-corrected chi connectivity index (χ0v) is 18.3. The van der Waals surface area contributed by atoms with E-state index in [1.54, 1.807) is 11.0 Å². The summed E-state index contributed by atoms with van der Waals surface area (Å²) >= 11 is 0. The number of fused-ring (bicyclic) bond motifs is 1. The van der Waals surface area contributed by atoms with Crippen molar-refractivity contribution in [1.29, 1.82) is 0 Å². The molecule has 3 atom stereocenters. The SMILES string of the molecule is O=C1CCC(N2Cc3cc(O[C@H]4CCOC[C@@H]4NCc4ccccc4)ccc3C2=O)C(=O)N1. The van der Waals surface area contributed by atoms with Gasteiger partial charge in [0.05, 0.1) is 19.3 Å². The lowest BCUT2D eigenvalue weighted by atomic mass is 10.0. The second-order valence-corrected chi connectivity index (χ2v) is 8.71. The van der Waals surface area contributed by atoms with Crippen LogP contribution in [0.4, 0.5) is 0 Å². The number of hydrogen-bond donors (Lipinski definition) is 2. The minimum absolute atomic E-state index is 0.0498. The molecule has 0 bridgehead atoms. The Hall–Kier alpha value is -3.23. The molecule has 3 aliphatic heterocycles. The number of carbonyl (C=O) groups is 3. The molecule has 3 aliphatic rings.